The van der Waals surface area contributed by atoms with E-state index >= 15 is 0 Å². The van der Waals surface area contributed by atoms with Crippen molar-refractivity contribution < 1.29 is 19.1 Å². The first-order valence-corrected chi connectivity index (χ1v) is 11.9. The van der Waals surface area contributed by atoms with Gasteiger partial charge in [-0.05, 0) is 47.4 Å². The number of nitrogens with one attached hydrogen (secondary N) is 2. The second kappa shape index (κ2) is 11.1. The molecule has 4 rings (SSSR count). The third-order valence-electron chi connectivity index (χ3n) is 5.88. The lowest BCUT2D eigenvalue weighted by molar-refractivity contribution is -0.133. The molecule has 0 spiro atoms. The van der Waals surface area contributed by atoms with Crippen LogP contribution in [0.15, 0.2) is 54.6 Å². The minimum absolute atomic E-state index is 0.170. The summed E-state index contributed by atoms with van der Waals surface area (Å²) < 4.78 is 10.5. The van der Waals surface area contributed by atoms with Gasteiger partial charge in [0.1, 0.15) is 11.5 Å². The first kappa shape index (κ1) is 25.6. The molecule has 1 heterocycles. The Balaban J connectivity index is 1.37. The van der Waals surface area contributed by atoms with Gasteiger partial charge in [-0.1, -0.05) is 35.3 Å². The topological polar surface area (TPSA) is 106 Å². The van der Waals surface area contributed by atoms with Gasteiger partial charge in [-0.2, -0.15) is 0 Å². The van der Waals surface area contributed by atoms with Crippen LogP contribution in [0.25, 0.3) is 0 Å². The number of halogens is 2. The van der Waals surface area contributed by atoms with Crippen LogP contribution in [0.2, 0.25) is 10.0 Å². The van der Waals surface area contributed by atoms with Crippen molar-refractivity contribution in [2.75, 3.05) is 24.9 Å². The lowest BCUT2D eigenvalue weighted by Crippen LogP contribution is -2.42. The highest BCUT2D eigenvalue weighted by molar-refractivity contribution is 6.35. The number of fused-ring (bicyclic) bond motifs is 1. The molecule has 10 heteroatoms. The molecule has 0 aliphatic carbocycles. The molecule has 188 valence electrons. The minimum atomic E-state index is -0.735. The number of carbonyl (C=O) groups excluding carboxylic acids is 2. The molecule has 1 aliphatic rings. The zero-order chi connectivity index (χ0) is 25.8. The highest BCUT2D eigenvalue weighted by Crippen LogP contribution is 2.29. The summed E-state index contributed by atoms with van der Waals surface area (Å²) in [7, 11) is 3.08. The Morgan fingerprint density at radius 1 is 0.917 bits per heavy atom. The monoisotopic (exact) mass is 528 g/mol. The van der Waals surface area contributed by atoms with E-state index in [0.717, 1.165) is 16.7 Å². The number of benzene rings is 3. The summed E-state index contributed by atoms with van der Waals surface area (Å²) in [5, 5.41) is 6.60. The number of rotatable bonds is 7. The smallest absolute Gasteiger partial charge is 0.323 e. The van der Waals surface area contributed by atoms with Gasteiger partial charge in [0.05, 0.1) is 20.3 Å². The number of anilines is 2. The molecule has 8 nitrogen and oxygen atoms in total. The van der Waals surface area contributed by atoms with Crippen LogP contribution in [-0.2, 0) is 24.3 Å². The molecule has 3 aromatic carbocycles. The Morgan fingerprint density at radius 2 is 1.58 bits per heavy atom. The molecule has 0 bridgehead atoms. The number of amides is 3. The van der Waals surface area contributed by atoms with Gasteiger partial charge < -0.3 is 30.7 Å². The van der Waals surface area contributed by atoms with Gasteiger partial charge in [0.2, 0.25) is 5.91 Å². The van der Waals surface area contributed by atoms with Gasteiger partial charge >= 0.3 is 6.03 Å². The summed E-state index contributed by atoms with van der Waals surface area (Å²) in [5.41, 5.74) is 10.1. The van der Waals surface area contributed by atoms with E-state index in [1.165, 1.54) is 14.2 Å². The van der Waals surface area contributed by atoms with Crippen LogP contribution in [0.5, 0.6) is 11.5 Å². The highest BCUT2D eigenvalue weighted by atomic mass is 35.5. The molecule has 0 saturated heterocycles. The molecule has 0 radical (unpaired) electrons. The van der Waals surface area contributed by atoms with Crippen molar-refractivity contribution in [3.8, 4) is 11.5 Å². The van der Waals surface area contributed by atoms with Crippen molar-refractivity contribution in [3.63, 3.8) is 0 Å². The van der Waals surface area contributed by atoms with Crippen LogP contribution in [0.4, 0.5) is 16.2 Å². The number of carbonyl (C=O) groups is 2. The van der Waals surface area contributed by atoms with Crippen molar-refractivity contribution >= 4 is 46.5 Å². The molecular formula is C26H26Cl2N4O4. The van der Waals surface area contributed by atoms with Gasteiger partial charge in [0.25, 0.3) is 0 Å². The fourth-order valence-corrected chi connectivity index (χ4v) is 4.53. The van der Waals surface area contributed by atoms with Crippen molar-refractivity contribution in [2.24, 2.45) is 5.73 Å². The number of urea groups is 1. The largest absolute Gasteiger partial charge is 0.497 e. The summed E-state index contributed by atoms with van der Waals surface area (Å²) in [5.74, 6) is 0.948. The average molecular weight is 529 g/mol. The summed E-state index contributed by atoms with van der Waals surface area (Å²) in [4.78, 5) is 27.3. The van der Waals surface area contributed by atoms with E-state index in [0.29, 0.717) is 52.4 Å². The van der Waals surface area contributed by atoms with Crippen LogP contribution >= 0.6 is 23.2 Å². The van der Waals surface area contributed by atoms with E-state index in [1.54, 1.807) is 47.4 Å². The van der Waals surface area contributed by atoms with Crippen LogP contribution < -0.4 is 25.8 Å². The van der Waals surface area contributed by atoms with Crippen LogP contribution in [0.3, 0.4) is 0 Å². The Kier molecular flexibility index (Phi) is 7.88. The lowest BCUT2D eigenvalue weighted by Gasteiger charge is -2.20. The molecule has 4 N–H and O–H groups in total. The average Bonchev–Trinajstić information content (AvgIpc) is 3.28. The number of methoxy groups -OCH3 is 2. The maximum atomic E-state index is 13.0. The highest BCUT2D eigenvalue weighted by Gasteiger charge is 2.28. The Morgan fingerprint density at radius 3 is 2.25 bits per heavy atom. The molecular weight excluding hydrogens is 503 g/mol. The van der Waals surface area contributed by atoms with E-state index < -0.39 is 12.1 Å². The molecule has 36 heavy (non-hydrogen) atoms. The number of nitrogens with zero attached hydrogens (tertiary/aromatic N) is 1. The van der Waals surface area contributed by atoms with Gasteiger partial charge in [0, 0.05) is 52.7 Å². The normalized spacial score (nSPS) is 13.1. The molecule has 1 aliphatic heterocycles. The molecule has 0 saturated carbocycles. The third-order valence-corrected chi connectivity index (χ3v) is 6.47. The third kappa shape index (κ3) is 6.02. The van der Waals surface area contributed by atoms with Gasteiger partial charge in [-0.3, -0.25) is 4.79 Å². The zero-order valence-corrected chi connectivity index (χ0v) is 21.3. The standard InChI is InChI=1S/C26H26Cl2N4O4/c1-35-21-10-20(11-22(12-21)36-2)31-26(34)30-19-6-4-16-13-32(14-17(16)7-19)25(33)24(29)8-15-3-5-18(27)9-23(15)28/h3-7,9-12,24H,8,13-14,29H2,1-2H3,(H2,30,31,34). The summed E-state index contributed by atoms with van der Waals surface area (Å²) in [6, 6.07) is 14.6. The molecule has 0 fully saturated rings. The Bertz CT molecular complexity index is 1280. The first-order valence-electron chi connectivity index (χ1n) is 11.2. The van der Waals surface area contributed by atoms with Crippen molar-refractivity contribution in [1.82, 2.24) is 4.90 Å². The molecule has 3 amide bonds. The van der Waals surface area contributed by atoms with Crippen LogP contribution in [0.1, 0.15) is 16.7 Å². The van der Waals surface area contributed by atoms with Gasteiger partial charge in [-0.25, -0.2) is 4.79 Å². The maximum Gasteiger partial charge on any atom is 0.323 e. The van der Waals surface area contributed by atoms with Crippen molar-refractivity contribution in [1.29, 1.82) is 0 Å². The molecule has 0 aromatic heterocycles. The first-order chi connectivity index (χ1) is 17.2. The van der Waals surface area contributed by atoms with E-state index in [9.17, 15) is 9.59 Å². The quantitative estimate of drug-likeness (QED) is 0.397. The zero-order valence-electron chi connectivity index (χ0n) is 19.8. The van der Waals surface area contributed by atoms with E-state index in [2.05, 4.69) is 10.6 Å². The van der Waals surface area contributed by atoms with Crippen LogP contribution in [-0.4, -0.2) is 37.1 Å². The Labute approximate surface area is 219 Å². The Hall–Kier alpha value is -3.46. The SMILES string of the molecule is COc1cc(NC(=O)Nc2ccc3c(c2)CN(C(=O)C(N)Cc2ccc(Cl)cc2Cl)C3)cc(OC)c1. The summed E-state index contributed by atoms with van der Waals surface area (Å²) >= 11 is 12.2. The van der Waals surface area contributed by atoms with Gasteiger partial charge in [0.15, 0.2) is 0 Å². The number of hydrogen-bond donors (Lipinski definition) is 3. The lowest BCUT2D eigenvalue weighted by atomic mass is 10.1. The predicted octanol–water partition coefficient (Wildman–Crippen LogP) is 5.07. The molecule has 3 aromatic rings. The number of nitrogens with two attached hydrogens (primary N) is 1. The van der Waals surface area contributed by atoms with E-state index in [4.69, 9.17) is 38.4 Å². The van der Waals surface area contributed by atoms with Crippen molar-refractivity contribution in [2.45, 2.75) is 25.6 Å². The van der Waals surface area contributed by atoms with Crippen molar-refractivity contribution in [3.05, 3.63) is 81.3 Å². The number of hydrogen-bond acceptors (Lipinski definition) is 5. The maximum absolute atomic E-state index is 13.0. The molecule has 1 unspecified atom stereocenters. The fraction of sp³-hybridized carbons (Fsp3) is 0.231. The number of ether oxygens (including phenoxy) is 2. The summed E-state index contributed by atoms with van der Waals surface area (Å²) in [6.45, 7) is 0.854. The minimum Gasteiger partial charge on any atom is -0.497 e. The van der Waals surface area contributed by atoms with Gasteiger partial charge in [-0.15, -0.1) is 0 Å². The van der Waals surface area contributed by atoms with Crippen LogP contribution in [0, 0.1) is 0 Å². The summed E-state index contributed by atoms with van der Waals surface area (Å²) in [6.07, 6.45) is 0.309. The fourth-order valence-electron chi connectivity index (χ4n) is 4.05. The molecule has 1 atom stereocenters. The predicted molar refractivity (Wildman–Crippen MR) is 141 cm³/mol. The van der Waals surface area contributed by atoms with E-state index in [1.807, 2.05) is 12.1 Å². The second-order valence-electron chi connectivity index (χ2n) is 8.40. The second-order valence-corrected chi connectivity index (χ2v) is 9.25. The van der Waals surface area contributed by atoms with E-state index in [-0.39, 0.29) is 5.91 Å².